The van der Waals surface area contributed by atoms with Crippen LogP contribution in [0, 0.1) is 0 Å². The minimum absolute atomic E-state index is 0. The number of nitrogens with one attached hydrogen (secondary N) is 2. The lowest BCUT2D eigenvalue weighted by molar-refractivity contribution is -0.118. The molecule has 2 aromatic rings. The zero-order valence-corrected chi connectivity index (χ0v) is 20.8. The highest BCUT2D eigenvalue weighted by Gasteiger charge is 2.29. The van der Waals surface area contributed by atoms with Crippen molar-refractivity contribution in [2.24, 2.45) is 0 Å². The number of anilines is 1. The van der Waals surface area contributed by atoms with Crippen molar-refractivity contribution in [3.63, 3.8) is 0 Å². The van der Waals surface area contributed by atoms with Crippen LogP contribution in [0.2, 0.25) is 0 Å². The number of halogens is 4. The quantitative estimate of drug-likeness (QED) is 0.637. The Balaban J connectivity index is 0.00000225. The second-order valence-corrected chi connectivity index (χ2v) is 7.19. The lowest BCUT2D eigenvalue weighted by Gasteiger charge is -2.27. The molecular weight excluding hydrogens is 482 g/mol. The van der Waals surface area contributed by atoms with E-state index in [-0.39, 0.29) is 55.5 Å². The molecule has 0 spiro atoms. The van der Waals surface area contributed by atoms with Crippen molar-refractivity contribution in [1.29, 1.82) is 0 Å². The molecule has 1 amide bonds. The van der Waals surface area contributed by atoms with Gasteiger partial charge in [-0.05, 0) is 24.6 Å². The van der Waals surface area contributed by atoms with Gasteiger partial charge in [-0.1, -0.05) is 30.3 Å². The molecule has 0 aliphatic carbocycles. The number of benzene rings is 1. The van der Waals surface area contributed by atoms with E-state index in [1.54, 1.807) is 12.0 Å². The van der Waals surface area contributed by atoms with E-state index >= 15 is 0 Å². The third-order valence-corrected chi connectivity index (χ3v) is 5.56. The summed E-state index contributed by atoms with van der Waals surface area (Å²) in [6.07, 6.45) is 2.24. The van der Waals surface area contributed by atoms with Crippen LogP contribution in [0.25, 0.3) is 0 Å². The number of fused-ring (bicyclic) bond motifs is 1. The van der Waals surface area contributed by atoms with Gasteiger partial charge in [-0.25, -0.2) is 4.98 Å². The maximum atomic E-state index is 12.0. The molecule has 174 valence electrons. The molecule has 3 heterocycles. The van der Waals surface area contributed by atoms with Crippen molar-refractivity contribution in [3.8, 4) is 5.88 Å². The molecule has 10 heteroatoms. The van der Waals surface area contributed by atoms with E-state index in [1.165, 1.54) is 5.56 Å². The minimum atomic E-state index is 0. The van der Waals surface area contributed by atoms with Crippen LogP contribution in [-0.2, 0) is 17.8 Å². The number of hydrogen-bond acceptors (Lipinski definition) is 5. The van der Waals surface area contributed by atoms with Crippen molar-refractivity contribution in [3.05, 3.63) is 53.2 Å². The molecule has 1 fully saturated rings. The fraction of sp³-hybridized carbons (Fsp3) is 0.429. The van der Waals surface area contributed by atoms with Crippen molar-refractivity contribution in [1.82, 2.24) is 15.6 Å². The van der Waals surface area contributed by atoms with Crippen LogP contribution in [-0.4, -0.2) is 37.6 Å². The van der Waals surface area contributed by atoms with E-state index in [0.717, 1.165) is 29.9 Å². The maximum absolute atomic E-state index is 12.0. The van der Waals surface area contributed by atoms with Gasteiger partial charge in [0.2, 0.25) is 11.8 Å². The average molecular weight is 512 g/mol. The molecule has 31 heavy (non-hydrogen) atoms. The summed E-state index contributed by atoms with van der Waals surface area (Å²) < 4.78 is 5.53. The Morgan fingerprint density at radius 1 is 1.16 bits per heavy atom. The van der Waals surface area contributed by atoms with Crippen molar-refractivity contribution < 1.29 is 9.53 Å². The summed E-state index contributed by atoms with van der Waals surface area (Å²) in [4.78, 5) is 18.4. The van der Waals surface area contributed by atoms with Gasteiger partial charge in [0.15, 0.2) is 0 Å². The second kappa shape index (κ2) is 13.3. The van der Waals surface area contributed by atoms with Crippen LogP contribution in [0.5, 0.6) is 5.88 Å². The Morgan fingerprint density at radius 3 is 2.55 bits per heavy atom. The standard InChI is InChI=1S/C21H26N4O2.4ClH/c1-25-18-12-15(21(27-2)24-16(18)8-9-19(25)26)13-23-17-10-11-22-20(17)14-6-4-3-5-7-14;;;;/h3-7,12,17,20,22-23H,8-11,13H2,1-2H3;4*1H/t17-,20-;;;;/m0..../s1. The first-order chi connectivity index (χ1) is 13.2. The van der Waals surface area contributed by atoms with Gasteiger partial charge < -0.3 is 20.3 Å². The van der Waals surface area contributed by atoms with E-state index in [0.29, 0.717) is 37.4 Å². The molecule has 2 aliphatic heterocycles. The predicted octanol–water partition coefficient (Wildman–Crippen LogP) is 3.88. The monoisotopic (exact) mass is 510 g/mol. The number of ether oxygens (including phenoxy) is 1. The van der Waals surface area contributed by atoms with Gasteiger partial charge in [0, 0.05) is 44.1 Å². The van der Waals surface area contributed by atoms with Gasteiger partial charge in [0.25, 0.3) is 0 Å². The molecule has 0 bridgehead atoms. The van der Waals surface area contributed by atoms with Gasteiger partial charge in [-0.3, -0.25) is 4.79 Å². The van der Waals surface area contributed by atoms with Crippen molar-refractivity contribution in [2.45, 2.75) is 37.9 Å². The molecule has 2 N–H and O–H groups in total. The van der Waals surface area contributed by atoms with Crippen molar-refractivity contribution >= 4 is 61.2 Å². The first-order valence-corrected chi connectivity index (χ1v) is 9.52. The fourth-order valence-electron chi connectivity index (χ4n) is 4.04. The minimum Gasteiger partial charge on any atom is -0.481 e. The number of pyridine rings is 1. The molecule has 1 aromatic carbocycles. The summed E-state index contributed by atoms with van der Waals surface area (Å²) in [5.74, 6) is 0.781. The second-order valence-electron chi connectivity index (χ2n) is 7.19. The number of hydrogen-bond donors (Lipinski definition) is 2. The highest BCUT2D eigenvalue weighted by Crippen LogP contribution is 2.31. The van der Waals surface area contributed by atoms with Crippen LogP contribution >= 0.6 is 49.6 Å². The zero-order valence-electron chi connectivity index (χ0n) is 17.5. The van der Waals surface area contributed by atoms with E-state index < -0.39 is 0 Å². The number of aryl methyl sites for hydroxylation is 1. The molecule has 0 saturated carbocycles. The summed E-state index contributed by atoms with van der Waals surface area (Å²) in [6, 6.07) is 13.2. The average Bonchev–Trinajstić information content (AvgIpc) is 3.18. The van der Waals surface area contributed by atoms with Gasteiger partial charge in [0.05, 0.1) is 18.5 Å². The van der Waals surface area contributed by atoms with Crippen molar-refractivity contribution in [2.75, 3.05) is 25.6 Å². The first kappa shape index (κ1) is 29.7. The fourth-order valence-corrected chi connectivity index (χ4v) is 4.04. The van der Waals surface area contributed by atoms with Gasteiger partial charge >= 0.3 is 0 Å². The molecule has 4 rings (SSSR count). The molecule has 1 saturated heterocycles. The smallest absolute Gasteiger partial charge is 0.227 e. The summed E-state index contributed by atoms with van der Waals surface area (Å²) in [7, 11) is 3.47. The lowest BCUT2D eigenvalue weighted by atomic mass is 10.0. The maximum Gasteiger partial charge on any atom is 0.227 e. The van der Waals surface area contributed by atoms with Gasteiger partial charge in [-0.2, -0.15) is 0 Å². The highest BCUT2D eigenvalue weighted by atomic mass is 35.5. The number of carbonyl (C=O) groups excluding carboxylic acids is 1. The summed E-state index contributed by atoms with van der Waals surface area (Å²) in [5, 5.41) is 7.26. The Hall–Kier alpha value is -1.28. The third-order valence-electron chi connectivity index (χ3n) is 5.56. The summed E-state index contributed by atoms with van der Waals surface area (Å²) in [5.41, 5.74) is 4.11. The van der Waals surface area contributed by atoms with Crippen LogP contribution in [0.15, 0.2) is 36.4 Å². The van der Waals surface area contributed by atoms with E-state index in [2.05, 4.69) is 39.9 Å². The number of methoxy groups -OCH3 is 1. The molecule has 2 aliphatic rings. The first-order valence-electron chi connectivity index (χ1n) is 9.52. The number of rotatable bonds is 5. The highest BCUT2D eigenvalue weighted by molar-refractivity contribution is 5.95. The largest absolute Gasteiger partial charge is 0.481 e. The Bertz CT molecular complexity index is 842. The van der Waals surface area contributed by atoms with Crippen LogP contribution in [0.4, 0.5) is 5.69 Å². The SMILES string of the molecule is COc1nc2c(cc1CN[C@H]1CCN[C@H]1c1ccccc1)N(C)C(=O)CC2.Cl.Cl.Cl.Cl. The van der Waals surface area contributed by atoms with E-state index in [1.807, 2.05) is 19.2 Å². The van der Waals surface area contributed by atoms with Crippen LogP contribution in [0.3, 0.4) is 0 Å². The van der Waals surface area contributed by atoms with Gasteiger partial charge in [-0.15, -0.1) is 49.6 Å². The van der Waals surface area contributed by atoms with Crippen LogP contribution < -0.4 is 20.3 Å². The Kier molecular flexibility index (Phi) is 12.8. The summed E-state index contributed by atoms with van der Waals surface area (Å²) in [6.45, 7) is 1.65. The topological polar surface area (TPSA) is 66.5 Å². The molecule has 2 atom stereocenters. The van der Waals surface area contributed by atoms with Gasteiger partial charge in [0.1, 0.15) is 0 Å². The molecule has 6 nitrogen and oxygen atoms in total. The predicted molar refractivity (Wildman–Crippen MR) is 134 cm³/mol. The number of nitrogens with zero attached hydrogens (tertiary/aromatic N) is 2. The third kappa shape index (κ3) is 6.37. The molecule has 1 aromatic heterocycles. The lowest BCUT2D eigenvalue weighted by Crippen LogP contribution is -2.35. The van der Waals surface area contributed by atoms with Crippen LogP contribution in [0.1, 0.15) is 35.7 Å². The number of amides is 1. The molecule has 0 radical (unpaired) electrons. The normalized spacial score (nSPS) is 19.2. The molecular formula is C21H30Cl4N4O2. The Morgan fingerprint density at radius 2 is 1.87 bits per heavy atom. The number of carbonyl (C=O) groups is 1. The summed E-state index contributed by atoms with van der Waals surface area (Å²) >= 11 is 0. The van der Waals surface area contributed by atoms with E-state index in [9.17, 15) is 4.79 Å². The van der Waals surface area contributed by atoms with E-state index in [4.69, 9.17) is 4.74 Å². The Labute approximate surface area is 208 Å². The zero-order chi connectivity index (χ0) is 18.8. The number of aromatic nitrogens is 1. The molecule has 0 unspecified atom stereocenters.